The molecule has 0 saturated carbocycles. The molecule has 3 aromatic rings. The maximum atomic E-state index is 12.9. The molecule has 0 bridgehead atoms. The maximum absolute atomic E-state index is 12.9. The van der Waals surface area contributed by atoms with E-state index in [0.29, 0.717) is 17.3 Å². The number of ether oxygens (including phenoxy) is 1. The number of nitrogens with zero attached hydrogens (tertiary/aromatic N) is 1. The van der Waals surface area contributed by atoms with Gasteiger partial charge in [0.25, 0.3) is 0 Å². The minimum absolute atomic E-state index is 0.00950. The standard InChI is InChI=1S/C22H21ClFNO3S/c1-14-2-4-16(5-3-14)21-19(22(23)25-29-21)13-28-18-8-6-15(7-9-20(26)27)17(12-18)10-11-24/h2-6,8,12H,7,9-11,13H2,1H3,(H,26,27). The third-order valence-corrected chi connectivity index (χ3v) is 5.94. The van der Waals surface area contributed by atoms with E-state index < -0.39 is 12.6 Å². The number of carboxylic acids is 1. The largest absolute Gasteiger partial charge is 0.489 e. The van der Waals surface area contributed by atoms with Crippen LogP contribution in [-0.2, 0) is 24.2 Å². The normalized spacial score (nSPS) is 10.9. The maximum Gasteiger partial charge on any atom is 0.303 e. The fourth-order valence-electron chi connectivity index (χ4n) is 3.01. The highest BCUT2D eigenvalue weighted by Crippen LogP contribution is 2.34. The molecule has 2 aromatic carbocycles. The van der Waals surface area contributed by atoms with Gasteiger partial charge in [0.05, 0.1) is 11.6 Å². The van der Waals surface area contributed by atoms with Crippen LogP contribution >= 0.6 is 23.1 Å². The summed E-state index contributed by atoms with van der Waals surface area (Å²) >= 11 is 7.61. The number of hydrogen-bond donors (Lipinski definition) is 1. The van der Waals surface area contributed by atoms with E-state index in [2.05, 4.69) is 4.37 Å². The van der Waals surface area contributed by atoms with Crippen molar-refractivity contribution in [3.8, 4) is 16.2 Å². The van der Waals surface area contributed by atoms with E-state index in [0.717, 1.165) is 27.1 Å². The lowest BCUT2D eigenvalue weighted by Crippen LogP contribution is -2.03. The van der Waals surface area contributed by atoms with Crippen LogP contribution in [0.5, 0.6) is 5.75 Å². The molecule has 0 unspecified atom stereocenters. The highest BCUT2D eigenvalue weighted by molar-refractivity contribution is 7.10. The van der Waals surface area contributed by atoms with Crippen LogP contribution in [0, 0.1) is 6.92 Å². The number of alkyl halides is 1. The second-order valence-corrected chi connectivity index (χ2v) is 7.83. The summed E-state index contributed by atoms with van der Waals surface area (Å²) < 4.78 is 23.1. The number of halogens is 2. The van der Waals surface area contributed by atoms with Crippen molar-refractivity contribution in [1.29, 1.82) is 0 Å². The van der Waals surface area contributed by atoms with Crippen LogP contribution in [0.1, 0.15) is 28.7 Å². The first-order valence-electron chi connectivity index (χ1n) is 9.21. The molecule has 0 amide bonds. The zero-order valence-electron chi connectivity index (χ0n) is 16.0. The predicted octanol–water partition coefficient (Wildman–Crippen LogP) is 5.88. The second kappa shape index (κ2) is 9.85. The van der Waals surface area contributed by atoms with Crippen LogP contribution in [0.15, 0.2) is 42.5 Å². The molecule has 152 valence electrons. The number of rotatable bonds is 9. The van der Waals surface area contributed by atoms with Crippen molar-refractivity contribution in [2.75, 3.05) is 6.67 Å². The zero-order chi connectivity index (χ0) is 20.8. The number of aliphatic carboxylic acids is 1. The van der Waals surface area contributed by atoms with E-state index in [1.165, 1.54) is 17.1 Å². The monoisotopic (exact) mass is 433 g/mol. The zero-order valence-corrected chi connectivity index (χ0v) is 17.5. The summed E-state index contributed by atoms with van der Waals surface area (Å²) in [7, 11) is 0. The molecule has 0 aliphatic rings. The van der Waals surface area contributed by atoms with Gasteiger partial charge in [0.2, 0.25) is 0 Å². The number of aromatic nitrogens is 1. The molecule has 4 nitrogen and oxygen atoms in total. The van der Waals surface area contributed by atoms with Crippen LogP contribution in [-0.4, -0.2) is 22.1 Å². The van der Waals surface area contributed by atoms with Gasteiger partial charge in [-0.3, -0.25) is 9.18 Å². The topological polar surface area (TPSA) is 59.4 Å². The molecule has 0 radical (unpaired) electrons. The average Bonchev–Trinajstić information content (AvgIpc) is 3.07. The van der Waals surface area contributed by atoms with E-state index in [4.69, 9.17) is 21.4 Å². The van der Waals surface area contributed by atoms with Gasteiger partial charge < -0.3 is 9.84 Å². The Kier molecular flexibility index (Phi) is 7.23. The molecule has 1 heterocycles. The van der Waals surface area contributed by atoms with Gasteiger partial charge in [-0.05, 0) is 53.7 Å². The molecule has 0 atom stereocenters. The first kappa shape index (κ1) is 21.3. The first-order valence-corrected chi connectivity index (χ1v) is 10.4. The minimum Gasteiger partial charge on any atom is -0.489 e. The minimum atomic E-state index is -0.875. The molecule has 0 fully saturated rings. The molecule has 0 saturated heterocycles. The number of hydrogen-bond acceptors (Lipinski definition) is 4. The Morgan fingerprint density at radius 3 is 2.62 bits per heavy atom. The Labute approximate surface area is 178 Å². The van der Waals surface area contributed by atoms with E-state index in [-0.39, 0.29) is 19.4 Å². The van der Waals surface area contributed by atoms with E-state index >= 15 is 0 Å². The molecule has 0 spiro atoms. The number of carboxylic acid groups (broad SMARTS) is 1. The summed E-state index contributed by atoms with van der Waals surface area (Å²) in [5.41, 5.74) is 4.60. The number of benzene rings is 2. The van der Waals surface area contributed by atoms with Gasteiger partial charge in [-0.15, -0.1) is 0 Å². The van der Waals surface area contributed by atoms with Crippen molar-refractivity contribution in [1.82, 2.24) is 4.37 Å². The fourth-order valence-corrected chi connectivity index (χ4v) is 4.11. The van der Waals surface area contributed by atoms with Crippen LogP contribution in [0.25, 0.3) is 10.4 Å². The molecular formula is C22H21ClFNO3S. The Morgan fingerprint density at radius 1 is 1.17 bits per heavy atom. The molecule has 1 aromatic heterocycles. The third kappa shape index (κ3) is 5.55. The summed E-state index contributed by atoms with van der Waals surface area (Å²) in [5.74, 6) is -0.288. The van der Waals surface area contributed by atoms with Gasteiger partial charge in [0, 0.05) is 18.4 Å². The summed E-state index contributed by atoms with van der Waals surface area (Å²) in [4.78, 5) is 11.8. The van der Waals surface area contributed by atoms with E-state index in [9.17, 15) is 9.18 Å². The molecule has 0 aliphatic heterocycles. The highest BCUT2D eigenvalue weighted by atomic mass is 35.5. The van der Waals surface area contributed by atoms with Crippen molar-refractivity contribution < 1.29 is 19.0 Å². The van der Waals surface area contributed by atoms with Gasteiger partial charge in [-0.1, -0.05) is 47.5 Å². The fraction of sp³-hybridized carbons (Fsp3) is 0.273. The SMILES string of the molecule is Cc1ccc(-c2snc(Cl)c2COc2ccc(CCC(=O)O)c(CCF)c2)cc1. The van der Waals surface area contributed by atoms with Crippen molar-refractivity contribution in [2.24, 2.45) is 0 Å². The Balaban J connectivity index is 1.77. The van der Waals surface area contributed by atoms with Crippen LogP contribution < -0.4 is 4.74 Å². The summed E-state index contributed by atoms with van der Waals surface area (Å²) in [6.45, 7) is 1.76. The summed E-state index contributed by atoms with van der Waals surface area (Å²) in [6.07, 6.45) is 0.597. The lowest BCUT2D eigenvalue weighted by Gasteiger charge is -2.12. The highest BCUT2D eigenvalue weighted by Gasteiger charge is 2.15. The quantitative estimate of drug-likeness (QED) is 0.457. The van der Waals surface area contributed by atoms with Gasteiger partial charge >= 0.3 is 5.97 Å². The first-order chi connectivity index (χ1) is 14.0. The smallest absolute Gasteiger partial charge is 0.303 e. The molecule has 29 heavy (non-hydrogen) atoms. The van der Waals surface area contributed by atoms with Crippen molar-refractivity contribution in [2.45, 2.75) is 32.8 Å². The van der Waals surface area contributed by atoms with Gasteiger partial charge in [-0.25, -0.2) is 0 Å². The molecule has 0 aliphatic carbocycles. The van der Waals surface area contributed by atoms with Crippen LogP contribution in [0.2, 0.25) is 5.15 Å². The van der Waals surface area contributed by atoms with E-state index in [1.807, 2.05) is 31.2 Å². The van der Waals surface area contributed by atoms with Crippen LogP contribution in [0.4, 0.5) is 4.39 Å². The molecule has 1 N–H and O–H groups in total. The van der Waals surface area contributed by atoms with Gasteiger partial charge in [-0.2, -0.15) is 4.37 Å². The number of aryl methyl sites for hydroxylation is 3. The van der Waals surface area contributed by atoms with Crippen molar-refractivity contribution >= 4 is 29.1 Å². The summed E-state index contributed by atoms with van der Waals surface area (Å²) in [5, 5.41) is 9.29. The lowest BCUT2D eigenvalue weighted by molar-refractivity contribution is -0.136. The molecular weight excluding hydrogens is 413 g/mol. The Bertz CT molecular complexity index is 988. The number of carbonyl (C=O) groups is 1. The van der Waals surface area contributed by atoms with Crippen molar-refractivity contribution in [3.63, 3.8) is 0 Å². The Hall–Kier alpha value is -2.44. The van der Waals surface area contributed by atoms with Gasteiger partial charge in [0.1, 0.15) is 17.5 Å². The van der Waals surface area contributed by atoms with Gasteiger partial charge in [0.15, 0.2) is 0 Å². The molecule has 7 heteroatoms. The predicted molar refractivity (Wildman–Crippen MR) is 114 cm³/mol. The third-order valence-electron chi connectivity index (χ3n) is 4.59. The summed E-state index contributed by atoms with van der Waals surface area (Å²) in [6, 6.07) is 13.5. The lowest BCUT2D eigenvalue weighted by atomic mass is 10.0. The van der Waals surface area contributed by atoms with Crippen molar-refractivity contribution in [3.05, 3.63) is 69.9 Å². The second-order valence-electron chi connectivity index (χ2n) is 6.70. The Morgan fingerprint density at radius 2 is 1.93 bits per heavy atom. The molecule has 3 rings (SSSR count). The van der Waals surface area contributed by atoms with Crippen LogP contribution in [0.3, 0.4) is 0 Å². The average molecular weight is 434 g/mol. The van der Waals surface area contributed by atoms with E-state index in [1.54, 1.807) is 18.2 Å².